The zero-order valence-electron chi connectivity index (χ0n) is 12.7. The van der Waals surface area contributed by atoms with Crippen molar-refractivity contribution < 1.29 is 9.84 Å². The molecule has 0 aliphatic heterocycles. The van der Waals surface area contributed by atoms with Gasteiger partial charge in [0.05, 0.1) is 6.10 Å². The van der Waals surface area contributed by atoms with Crippen molar-refractivity contribution in [3.05, 3.63) is 42.5 Å². The molecule has 2 aromatic carbocycles. The summed E-state index contributed by atoms with van der Waals surface area (Å²) in [6, 6.07) is 14.5. The SMILES string of the molecule is CCCC1CCC(O)C(Oc2ccc3ccccc3c2)C1. The fraction of sp³-hybridized carbons (Fsp3) is 0.474. The molecule has 0 spiro atoms. The van der Waals surface area contributed by atoms with E-state index in [-0.39, 0.29) is 12.2 Å². The van der Waals surface area contributed by atoms with Gasteiger partial charge in [-0.1, -0.05) is 50.1 Å². The van der Waals surface area contributed by atoms with E-state index in [1.54, 1.807) is 0 Å². The Morgan fingerprint density at radius 3 is 2.71 bits per heavy atom. The largest absolute Gasteiger partial charge is 0.488 e. The highest BCUT2D eigenvalue weighted by molar-refractivity contribution is 5.83. The third kappa shape index (κ3) is 3.38. The Balaban J connectivity index is 1.73. The summed E-state index contributed by atoms with van der Waals surface area (Å²) in [7, 11) is 0. The van der Waals surface area contributed by atoms with Crippen LogP contribution in [0.2, 0.25) is 0 Å². The normalized spacial score (nSPS) is 25.9. The van der Waals surface area contributed by atoms with Gasteiger partial charge in [0.1, 0.15) is 11.9 Å². The first-order chi connectivity index (χ1) is 10.3. The molecule has 112 valence electrons. The van der Waals surface area contributed by atoms with Crippen LogP contribution in [0.4, 0.5) is 0 Å². The number of hydrogen-bond acceptors (Lipinski definition) is 2. The second kappa shape index (κ2) is 6.48. The lowest BCUT2D eigenvalue weighted by atomic mass is 9.83. The molecule has 2 heteroatoms. The summed E-state index contributed by atoms with van der Waals surface area (Å²) < 4.78 is 6.10. The average molecular weight is 284 g/mol. The molecule has 3 rings (SSSR count). The molecule has 0 aromatic heterocycles. The molecule has 3 atom stereocenters. The number of aliphatic hydroxyl groups is 1. The number of ether oxygens (including phenoxy) is 1. The fourth-order valence-corrected chi connectivity index (χ4v) is 3.41. The molecule has 1 aliphatic rings. The van der Waals surface area contributed by atoms with Gasteiger partial charge in [-0.15, -0.1) is 0 Å². The quantitative estimate of drug-likeness (QED) is 0.892. The molecular formula is C19H24O2. The Hall–Kier alpha value is -1.54. The Morgan fingerprint density at radius 2 is 1.90 bits per heavy atom. The van der Waals surface area contributed by atoms with Crippen molar-refractivity contribution >= 4 is 10.8 Å². The van der Waals surface area contributed by atoms with E-state index in [1.807, 2.05) is 18.2 Å². The second-order valence-corrected chi connectivity index (χ2v) is 6.20. The van der Waals surface area contributed by atoms with Crippen LogP contribution in [0.5, 0.6) is 5.75 Å². The molecule has 1 fully saturated rings. The van der Waals surface area contributed by atoms with Gasteiger partial charge in [0, 0.05) is 0 Å². The monoisotopic (exact) mass is 284 g/mol. The summed E-state index contributed by atoms with van der Waals surface area (Å²) in [4.78, 5) is 0. The van der Waals surface area contributed by atoms with Crippen LogP contribution in [-0.2, 0) is 0 Å². The predicted molar refractivity (Wildman–Crippen MR) is 86.6 cm³/mol. The van der Waals surface area contributed by atoms with E-state index >= 15 is 0 Å². The minimum Gasteiger partial charge on any atom is -0.488 e. The van der Waals surface area contributed by atoms with Crippen LogP contribution in [0.15, 0.2) is 42.5 Å². The highest BCUT2D eigenvalue weighted by Gasteiger charge is 2.30. The van der Waals surface area contributed by atoms with E-state index in [9.17, 15) is 5.11 Å². The maximum atomic E-state index is 10.2. The van der Waals surface area contributed by atoms with Crippen LogP contribution in [0, 0.1) is 5.92 Å². The molecule has 21 heavy (non-hydrogen) atoms. The van der Waals surface area contributed by atoms with Crippen LogP contribution >= 0.6 is 0 Å². The van der Waals surface area contributed by atoms with E-state index in [0.29, 0.717) is 5.92 Å². The van der Waals surface area contributed by atoms with E-state index in [1.165, 1.54) is 23.6 Å². The van der Waals surface area contributed by atoms with Crippen LogP contribution in [0.25, 0.3) is 10.8 Å². The maximum Gasteiger partial charge on any atom is 0.125 e. The zero-order chi connectivity index (χ0) is 14.7. The Labute approximate surface area is 126 Å². The number of hydrogen-bond donors (Lipinski definition) is 1. The second-order valence-electron chi connectivity index (χ2n) is 6.20. The lowest BCUT2D eigenvalue weighted by Gasteiger charge is -2.33. The molecule has 1 N–H and O–H groups in total. The molecule has 0 heterocycles. The van der Waals surface area contributed by atoms with Gasteiger partial charge in [-0.05, 0) is 48.1 Å². The Kier molecular flexibility index (Phi) is 4.45. The first kappa shape index (κ1) is 14.4. The van der Waals surface area contributed by atoms with Crippen LogP contribution in [-0.4, -0.2) is 17.3 Å². The Morgan fingerprint density at radius 1 is 1.10 bits per heavy atom. The predicted octanol–water partition coefficient (Wildman–Crippen LogP) is 4.55. The minimum atomic E-state index is -0.329. The van der Waals surface area contributed by atoms with Crippen molar-refractivity contribution in [2.45, 2.75) is 51.2 Å². The molecule has 2 aromatic rings. The standard InChI is InChI=1S/C19H24O2/c1-2-5-14-8-11-18(20)19(12-14)21-17-10-9-15-6-3-4-7-16(15)13-17/h3-4,6-7,9-10,13-14,18-20H,2,5,8,11-12H2,1H3. The van der Waals surface area contributed by atoms with Gasteiger partial charge >= 0.3 is 0 Å². The lowest BCUT2D eigenvalue weighted by Crippen LogP contribution is -2.38. The molecule has 0 bridgehead atoms. The number of fused-ring (bicyclic) bond motifs is 1. The van der Waals surface area contributed by atoms with Crippen LogP contribution in [0.3, 0.4) is 0 Å². The summed E-state index contributed by atoms with van der Waals surface area (Å²) in [5.74, 6) is 1.57. The maximum absolute atomic E-state index is 10.2. The zero-order valence-corrected chi connectivity index (χ0v) is 12.7. The summed E-state index contributed by atoms with van der Waals surface area (Å²) >= 11 is 0. The summed E-state index contributed by atoms with van der Waals surface area (Å²) in [5.41, 5.74) is 0. The molecular weight excluding hydrogens is 260 g/mol. The minimum absolute atomic E-state index is 0.0588. The summed E-state index contributed by atoms with van der Waals surface area (Å²) in [6.07, 6.45) is 5.03. The lowest BCUT2D eigenvalue weighted by molar-refractivity contribution is -0.0116. The molecule has 1 aliphatic carbocycles. The van der Waals surface area contributed by atoms with Crippen molar-refractivity contribution in [1.82, 2.24) is 0 Å². The topological polar surface area (TPSA) is 29.5 Å². The first-order valence-electron chi connectivity index (χ1n) is 8.10. The molecule has 3 unspecified atom stereocenters. The van der Waals surface area contributed by atoms with E-state index < -0.39 is 0 Å². The van der Waals surface area contributed by atoms with Gasteiger partial charge in [0.15, 0.2) is 0 Å². The highest BCUT2D eigenvalue weighted by Crippen LogP contribution is 2.31. The van der Waals surface area contributed by atoms with Gasteiger partial charge in [-0.25, -0.2) is 0 Å². The molecule has 2 nitrogen and oxygen atoms in total. The number of rotatable bonds is 4. The van der Waals surface area contributed by atoms with Crippen molar-refractivity contribution in [3.8, 4) is 5.75 Å². The number of benzene rings is 2. The van der Waals surface area contributed by atoms with Gasteiger partial charge in [0.25, 0.3) is 0 Å². The average Bonchev–Trinajstić information content (AvgIpc) is 2.51. The molecule has 0 amide bonds. The molecule has 1 saturated carbocycles. The van der Waals surface area contributed by atoms with Gasteiger partial charge in [0.2, 0.25) is 0 Å². The molecule has 0 saturated heterocycles. The highest BCUT2D eigenvalue weighted by atomic mass is 16.5. The van der Waals surface area contributed by atoms with Crippen molar-refractivity contribution in [1.29, 1.82) is 0 Å². The van der Waals surface area contributed by atoms with Crippen molar-refractivity contribution in [3.63, 3.8) is 0 Å². The van der Waals surface area contributed by atoms with Crippen molar-refractivity contribution in [2.24, 2.45) is 5.92 Å². The summed E-state index contributed by atoms with van der Waals surface area (Å²) in [6.45, 7) is 2.23. The van der Waals surface area contributed by atoms with Gasteiger partial charge < -0.3 is 9.84 Å². The van der Waals surface area contributed by atoms with Crippen LogP contribution < -0.4 is 4.74 Å². The van der Waals surface area contributed by atoms with Crippen molar-refractivity contribution in [2.75, 3.05) is 0 Å². The van der Waals surface area contributed by atoms with Gasteiger partial charge in [-0.3, -0.25) is 0 Å². The third-order valence-corrected chi connectivity index (χ3v) is 4.57. The van der Waals surface area contributed by atoms with Crippen LogP contribution in [0.1, 0.15) is 39.0 Å². The van der Waals surface area contributed by atoms with Gasteiger partial charge in [-0.2, -0.15) is 0 Å². The number of aliphatic hydroxyl groups excluding tert-OH is 1. The van der Waals surface area contributed by atoms with E-state index in [0.717, 1.165) is 25.0 Å². The Bertz CT molecular complexity index is 593. The fourth-order valence-electron chi connectivity index (χ4n) is 3.41. The summed E-state index contributed by atoms with van der Waals surface area (Å²) in [5, 5.41) is 12.6. The van der Waals surface area contributed by atoms with E-state index in [2.05, 4.69) is 31.2 Å². The smallest absolute Gasteiger partial charge is 0.125 e. The van der Waals surface area contributed by atoms with E-state index in [4.69, 9.17) is 4.74 Å². The molecule has 0 radical (unpaired) electrons. The third-order valence-electron chi connectivity index (χ3n) is 4.57. The first-order valence-corrected chi connectivity index (χ1v) is 8.10.